The van der Waals surface area contributed by atoms with Gasteiger partial charge in [-0.3, -0.25) is 4.79 Å². The lowest BCUT2D eigenvalue weighted by Gasteiger charge is -2.12. The van der Waals surface area contributed by atoms with E-state index in [2.05, 4.69) is 0 Å². The third kappa shape index (κ3) is 1.77. The molecule has 1 unspecified atom stereocenters. The Hall–Kier alpha value is -2.62. The quantitative estimate of drug-likeness (QED) is 0.866. The maximum atomic E-state index is 11.4. The van der Waals surface area contributed by atoms with Gasteiger partial charge in [-0.2, -0.15) is 0 Å². The van der Waals surface area contributed by atoms with E-state index in [9.17, 15) is 14.7 Å². The third-order valence-electron chi connectivity index (χ3n) is 3.64. The molecule has 0 amide bonds. The van der Waals surface area contributed by atoms with Crippen LogP contribution in [0.25, 0.3) is 11.1 Å². The molecule has 1 N–H and O–H groups in total. The van der Waals surface area contributed by atoms with Gasteiger partial charge in [0.2, 0.25) is 0 Å². The predicted molar refractivity (Wildman–Crippen MR) is 72.7 cm³/mol. The summed E-state index contributed by atoms with van der Waals surface area (Å²) in [6.45, 7) is 0.637. The van der Waals surface area contributed by atoms with E-state index in [0.717, 1.165) is 22.3 Å². The van der Waals surface area contributed by atoms with Crippen molar-refractivity contribution >= 4 is 12.4 Å². The standard InChI is InChI=1S/C16H12O4/c17-9-20-8-14-10-4-1-2-5-11(10)15-12(14)6-3-7-13(15)16(18)19/h1-7,9,14H,8H2,(H,18,19). The van der Waals surface area contributed by atoms with Gasteiger partial charge in [-0.25, -0.2) is 4.79 Å². The molecule has 100 valence electrons. The molecule has 0 saturated carbocycles. The second-order valence-electron chi connectivity index (χ2n) is 4.64. The van der Waals surface area contributed by atoms with E-state index in [-0.39, 0.29) is 18.1 Å². The van der Waals surface area contributed by atoms with Gasteiger partial charge in [-0.05, 0) is 22.8 Å². The van der Waals surface area contributed by atoms with Crippen molar-refractivity contribution in [3.63, 3.8) is 0 Å². The van der Waals surface area contributed by atoms with Crippen molar-refractivity contribution in [3.05, 3.63) is 59.2 Å². The van der Waals surface area contributed by atoms with Gasteiger partial charge < -0.3 is 9.84 Å². The zero-order valence-corrected chi connectivity index (χ0v) is 10.6. The number of hydrogen-bond acceptors (Lipinski definition) is 3. The van der Waals surface area contributed by atoms with E-state index in [0.29, 0.717) is 6.47 Å². The third-order valence-corrected chi connectivity index (χ3v) is 3.64. The molecule has 2 aromatic rings. The van der Waals surface area contributed by atoms with Crippen LogP contribution in [-0.4, -0.2) is 24.2 Å². The van der Waals surface area contributed by atoms with Crippen molar-refractivity contribution in [1.82, 2.24) is 0 Å². The lowest BCUT2D eigenvalue weighted by molar-refractivity contribution is -0.128. The van der Waals surface area contributed by atoms with Crippen LogP contribution in [0.1, 0.15) is 27.4 Å². The Morgan fingerprint density at radius 2 is 1.90 bits per heavy atom. The first-order valence-electron chi connectivity index (χ1n) is 6.24. The Kier molecular flexibility index (Phi) is 2.99. The van der Waals surface area contributed by atoms with Gasteiger partial charge in [0.25, 0.3) is 6.47 Å². The molecule has 4 heteroatoms. The normalized spacial score (nSPS) is 15.3. The molecule has 4 nitrogen and oxygen atoms in total. The van der Waals surface area contributed by atoms with Gasteiger partial charge in [-0.15, -0.1) is 0 Å². The Morgan fingerprint density at radius 1 is 1.15 bits per heavy atom. The maximum Gasteiger partial charge on any atom is 0.336 e. The van der Waals surface area contributed by atoms with Crippen molar-refractivity contribution < 1.29 is 19.4 Å². The van der Waals surface area contributed by atoms with Crippen molar-refractivity contribution in [2.75, 3.05) is 6.61 Å². The van der Waals surface area contributed by atoms with E-state index >= 15 is 0 Å². The molecular formula is C16H12O4. The molecule has 1 aliphatic carbocycles. The topological polar surface area (TPSA) is 63.6 Å². The summed E-state index contributed by atoms with van der Waals surface area (Å²) in [7, 11) is 0. The van der Waals surface area contributed by atoms with Crippen LogP contribution >= 0.6 is 0 Å². The first-order valence-corrected chi connectivity index (χ1v) is 6.24. The Morgan fingerprint density at radius 3 is 2.65 bits per heavy atom. The molecule has 0 radical (unpaired) electrons. The summed E-state index contributed by atoms with van der Waals surface area (Å²) in [5.74, 6) is -1.06. The van der Waals surface area contributed by atoms with Crippen molar-refractivity contribution in [1.29, 1.82) is 0 Å². The summed E-state index contributed by atoms with van der Waals surface area (Å²) in [6, 6.07) is 12.8. The van der Waals surface area contributed by atoms with Gasteiger partial charge in [-0.1, -0.05) is 36.4 Å². The smallest absolute Gasteiger partial charge is 0.336 e. The van der Waals surface area contributed by atoms with Crippen LogP contribution in [0.4, 0.5) is 0 Å². The van der Waals surface area contributed by atoms with Gasteiger partial charge in [0, 0.05) is 11.5 Å². The lowest BCUT2D eigenvalue weighted by atomic mass is 9.96. The number of hydrogen-bond donors (Lipinski definition) is 1. The zero-order valence-electron chi connectivity index (χ0n) is 10.6. The average molecular weight is 268 g/mol. The van der Waals surface area contributed by atoms with Crippen LogP contribution in [-0.2, 0) is 9.53 Å². The lowest BCUT2D eigenvalue weighted by Crippen LogP contribution is -2.06. The molecule has 1 atom stereocenters. The molecule has 3 rings (SSSR count). The van der Waals surface area contributed by atoms with Crippen molar-refractivity contribution in [2.45, 2.75) is 5.92 Å². The van der Waals surface area contributed by atoms with E-state index in [4.69, 9.17) is 4.74 Å². The van der Waals surface area contributed by atoms with Crippen molar-refractivity contribution in [3.8, 4) is 11.1 Å². The number of carboxylic acids is 1. The highest BCUT2D eigenvalue weighted by Crippen LogP contribution is 2.46. The molecule has 1 aliphatic rings. The highest BCUT2D eigenvalue weighted by Gasteiger charge is 2.31. The van der Waals surface area contributed by atoms with Gasteiger partial charge in [0.1, 0.15) is 6.61 Å². The SMILES string of the molecule is O=COCC1c2ccccc2-c2c(C(=O)O)cccc21. The summed E-state index contributed by atoms with van der Waals surface area (Å²) >= 11 is 0. The van der Waals surface area contributed by atoms with E-state index < -0.39 is 5.97 Å². The summed E-state index contributed by atoms with van der Waals surface area (Å²) in [6.07, 6.45) is 0. The van der Waals surface area contributed by atoms with Crippen molar-refractivity contribution in [2.24, 2.45) is 0 Å². The minimum absolute atomic E-state index is 0.106. The van der Waals surface area contributed by atoms with Gasteiger partial charge in [0.05, 0.1) is 5.56 Å². The second-order valence-corrected chi connectivity index (χ2v) is 4.64. The second kappa shape index (κ2) is 4.81. The number of benzene rings is 2. The zero-order chi connectivity index (χ0) is 14.1. The molecule has 0 saturated heterocycles. The average Bonchev–Trinajstić information content (AvgIpc) is 2.79. The Bertz CT molecular complexity index is 691. The highest BCUT2D eigenvalue weighted by molar-refractivity contribution is 5.99. The van der Waals surface area contributed by atoms with Gasteiger partial charge >= 0.3 is 5.97 Å². The van der Waals surface area contributed by atoms with Gasteiger partial charge in [0.15, 0.2) is 0 Å². The summed E-state index contributed by atoms with van der Waals surface area (Å²) in [4.78, 5) is 21.8. The summed E-state index contributed by atoms with van der Waals surface area (Å²) < 4.78 is 4.90. The minimum Gasteiger partial charge on any atom is -0.478 e. The fraction of sp³-hybridized carbons (Fsp3) is 0.125. The summed E-state index contributed by atoms with van der Waals surface area (Å²) in [5.41, 5.74) is 3.81. The van der Waals surface area contributed by atoms with E-state index in [1.165, 1.54) is 0 Å². The predicted octanol–water partition coefficient (Wildman–Crippen LogP) is 2.67. The monoisotopic (exact) mass is 268 g/mol. The molecule has 0 bridgehead atoms. The number of ether oxygens (including phenoxy) is 1. The first kappa shape index (κ1) is 12.4. The fourth-order valence-electron chi connectivity index (χ4n) is 2.85. The maximum absolute atomic E-state index is 11.4. The largest absolute Gasteiger partial charge is 0.478 e. The van der Waals surface area contributed by atoms with E-state index in [1.807, 2.05) is 30.3 Å². The van der Waals surface area contributed by atoms with Crippen LogP contribution < -0.4 is 0 Å². The molecule has 20 heavy (non-hydrogen) atoms. The van der Waals surface area contributed by atoms with Crippen LogP contribution in [0.3, 0.4) is 0 Å². The Labute approximate surface area is 115 Å². The summed E-state index contributed by atoms with van der Waals surface area (Å²) in [5, 5.41) is 9.35. The molecule has 0 aromatic heterocycles. The molecule has 0 aliphatic heterocycles. The fourth-order valence-corrected chi connectivity index (χ4v) is 2.85. The first-order chi connectivity index (χ1) is 9.74. The Balaban J connectivity index is 2.22. The number of rotatable bonds is 4. The van der Waals surface area contributed by atoms with Crippen LogP contribution in [0.15, 0.2) is 42.5 Å². The van der Waals surface area contributed by atoms with Crippen LogP contribution in [0.2, 0.25) is 0 Å². The number of fused-ring (bicyclic) bond motifs is 3. The molecule has 0 spiro atoms. The highest BCUT2D eigenvalue weighted by atomic mass is 16.5. The number of carbonyl (C=O) groups is 2. The molecule has 0 fully saturated rings. The number of aromatic carboxylic acids is 1. The van der Waals surface area contributed by atoms with E-state index in [1.54, 1.807) is 12.1 Å². The molecule has 2 aromatic carbocycles. The number of carboxylic acid groups (broad SMARTS) is 1. The molecule has 0 heterocycles. The molecular weight excluding hydrogens is 256 g/mol. The van der Waals surface area contributed by atoms with Crippen LogP contribution in [0, 0.1) is 0 Å². The minimum atomic E-state index is -0.950. The van der Waals surface area contributed by atoms with Crippen LogP contribution in [0.5, 0.6) is 0 Å². The number of carbonyl (C=O) groups excluding carboxylic acids is 1.